The highest BCUT2D eigenvalue weighted by atomic mass is 35.5. The van der Waals surface area contributed by atoms with Gasteiger partial charge in [-0.3, -0.25) is 4.79 Å². The minimum Gasteiger partial charge on any atom is -0.384 e. The predicted molar refractivity (Wildman–Crippen MR) is 97.5 cm³/mol. The van der Waals surface area contributed by atoms with Gasteiger partial charge in [-0.15, -0.1) is 0 Å². The lowest BCUT2D eigenvalue weighted by Gasteiger charge is -2.10. The van der Waals surface area contributed by atoms with Gasteiger partial charge in [0.05, 0.1) is 0 Å². The molecule has 2 aromatic rings. The number of benzene rings is 2. The Hall–Kier alpha value is -1.71. The topological polar surface area (TPSA) is 41.1 Å². The number of carbonyl (C=O) groups excluding carboxylic acids is 1. The van der Waals surface area contributed by atoms with Crippen LogP contribution in [0.5, 0.6) is 0 Å². The summed E-state index contributed by atoms with van der Waals surface area (Å²) in [6.07, 6.45) is 1.23. The molecule has 1 amide bonds. The van der Waals surface area contributed by atoms with E-state index in [0.29, 0.717) is 24.5 Å². The van der Waals surface area contributed by atoms with Crippen molar-refractivity contribution in [2.75, 3.05) is 18.4 Å². The molecule has 122 valence electrons. The van der Waals surface area contributed by atoms with Crippen molar-refractivity contribution in [2.45, 2.75) is 19.8 Å². The highest BCUT2D eigenvalue weighted by Gasteiger charge is 2.03. The maximum atomic E-state index is 11.8. The molecule has 0 saturated heterocycles. The van der Waals surface area contributed by atoms with Crippen molar-refractivity contribution in [3.63, 3.8) is 0 Å². The summed E-state index contributed by atoms with van der Waals surface area (Å²) < 4.78 is 0. The van der Waals surface area contributed by atoms with E-state index >= 15 is 0 Å². The van der Waals surface area contributed by atoms with Crippen LogP contribution in [-0.4, -0.2) is 19.0 Å². The number of rotatable bonds is 7. The molecular weight excluding hydrogens is 331 g/mol. The zero-order chi connectivity index (χ0) is 16.7. The van der Waals surface area contributed by atoms with Crippen molar-refractivity contribution in [2.24, 2.45) is 0 Å². The molecule has 2 N–H and O–H groups in total. The molecule has 0 heterocycles. The van der Waals surface area contributed by atoms with E-state index < -0.39 is 0 Å². The van der Waals surface area contributed by atoms with Crippen LogP contribution in [0, 0.1) is 6.92 Å². The van der Waals surface area contributed by atoms with E-state index in [9.17, 15) is 4.79 Å². The van der Waals surface area contributed by atoms with Crippen molar-refractivity contribution in [1.29, 1.82) is 0 Å². The summed E-state index contributed by atoms with van der Waals surface area (Å²) in [5.41, 5.74) is 3.23. The van der Waals surface area contributed by atoms with Gasteiger partial charge < -0.3 is 10.6 Å². The molecule has 0 radical (unpaired) electrons. The minimum atomic E-state index is 0.0399. The van der Waals surface area contributed by atoms with E-state index in [1.807, 2.05) is 49.4 Å². The van der Waals surface area contributed by atoms with Gasteiger partial charge in [0.15, 0.2) is 0 Å². The van der Waals surface area contributed by atoms with Crippen molar-refractivity contribution in [3.05, 3.63) is 63.6 Å². The predicted octanol–water partition coefficient (Wildman–Crippen LogP) is 4.46. The lowest BCUT2D eigenvalue weighted by Crippen LogP contribution is -2.27. The monoisotopic (exact) mass is 350 g/mol. The van der Waals surface area contributed by atoms with Gasteiger partial charge >= 0.3 is 0 Å². The number of anilines is 1. The summed E-state index contributed by atoms with van der Waals surface area (Å²) in [5.74, 6) is 0.0399. The van der Waals surface area contributed by atoms with Gasteiger partial charge in [-0.2, -0.15) is 0 Å². The van der Waals surface area contributed by atoms with Crippen LogP contribution in [0.2, 0.25) is 10.0 Å². The fourth-order valence-corrected chi connectivity index (χ4v) is 2.57. The Bertz CT molecular complexity index is 657. The molecule has 0 aliphatic heterocycles. The van der Waals surface area contributed by atoms with Crippen molar-refractivity contribution in [1.82, 2.24) is 5.32 Å². The zero-order valence-corrected chi connectivity index (χ0v) is 14.5. The fraction of sp³-hybridized carbons (Fsp3) is 0.278. The number of amides is 1. The van der Waals surface area contributed by atoms with E-state index in [0.717, 1.165) is 28.3 Å². The van der Waals surface area contributed by atoms with Gasteiger partial charge in [0, 0.05) is 35.2 Å². The molecule has 3 nitrogen and oxygen atoms in total. The first kappa shape index (κ1) is 17.6. The number of carbonyl (C=O) groups is 1. The van der Waals surface area contributed by atoms with Crippen LogP contribution in [0.4, 0.5) is 5.69 Å². The molecule has 0 spiro atoms. The number of hydrogen-bond donors (Lipinski definition) is 2. The maximum absolute atomic E-state index is 11.8. The molecule has 2 rings (SSSR count). The first-order valence-corrected chi connectivity index (χ1v) is 8.31. The van der Waals surface area contributed by atoms with Crippen molar-refractivity contribution < 1.29 is 4.79 Å². The molecule has 5 heteroatoms. The Morgan fingerprint density at radius 3 is 2.39 bits per heavy atom. The SMILES string of the molecule is Cc1cc(Cl)ccc1NCCC(=O)NCCc1ccc(Cl)cc1. The Balaban J connectivity index is 1.66. The third kappa shape index (κ3) is 6.12. The number of aryl methyl sites for hydroxylation is 1. The normalized spacial score (nSPS) is 10.4. The summed E-state index contributed by atoms with van der Waals surface area (Å²) in [4.78, 5) is 11.8. The first-order chi connectivity index (χ1) is 11.0. The maximum Gasteiger partial charge on any atom is 0.221 e. The molecule has 2 aromatic carbocycles. The summed E-state index contributed by atoms with van der Waals surface area (Å²) in [6.45, 7) is 3.20. The molecule has 0 aliphatic rings. The average molecular weight is 351 g/mol. The minimum absolute atomic E-state index is 0.0399. The van der Waals surface area contributed by atoms with E-state index in [1.54, 1.807) is 0 Å². The van der Waals surface area contributed by atoms with Gasteiger partial charge in [0.2, 0.25) is 5.91 Å². The second kappa shape index (κ2) is 8.80. The van der Waals surface area contributed by atoms with Crippen LogP contribution in [-0.2, 0) is 11.2 Å². The van der Waals surface area contributed by atoms with Gasteiger partial charge in [0.1, 0.15) is 0 Å². The van der Waals surface area contributed by atoms with Crippen molar-refractivity contribution >= 4 is 34.8 Å². The van der Waals surface area contributed by atoms with E-state index in [2.05, 4.69) is 10.6 Å². The largest absolute Gasteiger partial charge is 0.384 e. The third-order valence-electron chi connectivity index (χ3n) is 3.51. The lowest BCUT2D eigenvalue weighted by atomic mass is 10.1. The number of hydrogen-bond acceptors (Lipinski definition) is 2. The van der Waals surface area contributed by atoms with Gasteiger partial charge in [-0.1, -0.05) is 35.3 Å². The van der Waals surface area contributed by atoms with Crippen LogP contribution in [0.3, 0.4) is 0 Å². The molecule has 0 saturated carbocycles. The molecule has 0 unspecified atom stereocenters. The Morgan fingerprint density at radius 2 is 1.70 bits per heavy atom. The summed E-state index contributed by atoms with van der Waals surface area (Å²) in [6, 6.07) is 13.3. The molecular formula is C18H20Cl2N2O. The average Bonchev–Trinajstić information content (AvgIpc) is 2.51. The van der Waals surface area contributed by atoms with Crippen LogP contribution in [0.15, 0.2) is 42.5 Å². The molecule has 0 aliphatic carbocycles. The van der Waals surface area contributed by atoms with E-state index in [-0.39, 0.29) is 5.91 Å². The Kier molecular flexibility index (Phi) is 6.75. The summed E-state index contributed by atoms with van der Waals surface area (Å²) in [7, 11) is 0. The summed E-state index contributed by atoms with van der Waals surface area (Å²) in [5, 5.41) is 7.61. The van der Waals surface area contributed by atoms with Crippen LogP contribution < -0.4 is 10.6 Å². The molecule has 0 bridgehead atoms. The number of halogens is 2. The molecule has 0 fully saturated rings. The first-order valence-electron chi connectivity index (χ1n) is 7.56. The standard InChI is InChI=1S/C18H20Cl2N2O/c1-13-12-16(20)6-7-17(13)21-11-9-18(23)22-10-8-14-2-4-15(19)5-3-14/h2-7,12,21H,8-11H2,1H3,(H,22,23). The van der Waals surface area contributed by atoms with Gasteiger partial charge in [0.25, 0.3) is 0 Å². The highest BCUT2D eigenvalue weighted by Crippen LogP contribution is 2.19. The summed E-state index contributed by atoms with van der Waals surface area (Å²) >= 11 is 11.8. The van der Waals surface area contributed by atoms with E-state index in [4.69, 9.17) is 23.2 Å². The zero-order valence-electron chi connectivity index (χ0n) is 13.0. The Morgan fingerprint density at radius 1 is 1.00 bits per heavy atom. The van der Waals surface area contributed by atoms with Crippen LogP contribution in [0.25, 0.3) is 0 Å². The quantitative estimate of drug-likeness (QED) is 0.773. The second-order valence-corrected chi connectivity index (χ2v) is 6.24. The van der Waals surface area contributed by atoms with Gasteiger partial charge in [-0.25, -0.2) is 0 Å². The smallest absolute Gasteiger partial charge is 0.221 e. The number of nitrogens with one attached hydrogen (secondary N) is 2. The highest BCUT2D eigenvalue weighted by molar-refractivity contribution is 6.30. The second-order valence-electron chi connectivity index (χ2n) is 5.36. The Labute approximate surface area is 147 Å². The van der Waals surface area contributed by atoms with Gasteiger partial charge in [-0.05, 0) is 54.8 Å². The molecule has 0 atom stereocenters. The van der Waals surface area contributed by atoms with Crippen LogP contribution >= 0.6 is 23.2 Å². The molecule has 23 heavy (non-hydrogen) atoms. The van der Waals surface area contributed by atoms with Crippen molar-refractivity contribution in [3.8, 4) is 0 Å². The lowest BCUT2D eigenvalue weighted by molar-refractivity contribution is -0.120. The van der Waals surface area contributed by atoms with E-state index in [1.165, 1.54) is 0 Å². The van der Waals surface area contributed by atoms with Crippen LogP contribution in [0.1, 0.15) is 17.5 Å². The molecule has 0 aromatic heterocycles. The fourth-order valence-electron chi connectivity index (χ4n) is 2.22. The third-order valence-corrected chi connectivity index (χ3v) is 3.99.